The van der Waals surface area contributed by atoms with Crippen molar-refractivity contribution in [3.8, 4) is 16.9 Å². The first-order valence-electron chi connectivity index (χ1n) is 7.22. The number of anilines is 1. The van der Waals surface area contributed by atoms with E-state index in [0.717, 1.165) is 28.1 Å². The highest BCUT2D eigenvalue weighted by Gasteiger charge is 2.04. The van der Waals surface area contributed by atoms with Crippen LogP contribution in [0.15, 0.2) is 66.7 Å². The van der Waals surface area contributed by atoms with Crippen LogP contribution in [0.2, 0.25) is 0 Å². The molecular formula is C19H18N2O. The minimum Gasteiger partial charge on any atom is -0.489 e. The summed E-state index contributed by atoms with van der Waals surface area (Å²) < 4.78 is 5.80. The normalized spacial score (nSPS) is 10.4. The van der Waals surface area contributed by atoms with E-state index >= 15 is 0 Å². The summed E-state index contributed by atoms with van der Waals surface area (Å²) in [6.45, 7) is 2.54. The van der Waals surface area contributed by atoms with Gasteiger partial charge in [-0.2, -0.15) is 0 Å². The summed E-state index contributed by atoms with van der Waals surface area (Å²) in [5.41, 5.74) is 9.97. The fourth-order valence-corrected chi connectivity index (χ4v) is 2.36. The number of rotatable bonds is 4. The molecule has 0 saturated carbocycles. The number of ether oxygens (including phenoxy) is 1. The van der Waals surface area contributed by atoms with Gasteiger partial charge in [-0.25, -0.2) is 4.98 Å². The number of hydrogen-bond donors (Lipinski definition) is 1. The van der Waals surface area contributed by atoms with Crippen LogP contribution in [0.3, 0.4) is 0 Å². The van der Waals surface area contributed by atoms with E-state index in [9.17, 15) is 0 Å². The van der Waals surface area contributed by atoms with Gasteiger partial charge in [-0.15, -0.1) is 0 Å². The number of nitrogen functional groups attached to an aromatic ring is 1. The molecule has 3 nitrogen and oxygen atoms in total. The maximum atomic E-state index is 5.80. The first kappa shape index (κ1) is 14.1. The van der Waals surface area contributed by atoms with Gasteiger partial charge in [-0.3, -0.25) is 0 Å². The molecule has 22 heavy (non-hydrogen) atoms. The third-order valence-corrected chi connectivity index (χ3v) is 3.52. The van der Waals surface area contributed by atoms with Crippen LogP contribution in [-0.2, 0) is 6.61 Å². The topological polar surface area (TPSA) is 48.1 Å². The molecule has 0 unspecified atom stereocenters. The first-order valence-corrected chi connectivity index (χ1v) is 7.22. The smallest absolute Gasteiger partial charge is 0.123 e. The molecule has 0 bridgehead atoms. The van der Waals surface area contributed by atoms with Crippen molar-refractivity contribution in [2.24, 2.45) is 0 Å². The summed E-state index contributed by atoms with van der Waals surface area (Å²) in [5.74, 6) is 1.40. The second-order valence-corrected chi connectivity index (χ2v) is 5.17. The second-order valence-electron chi connectivity index (χ2n) is 5.17. The fraction of sp³-hybridized carbons (Fsp3) is 0.105. The number of benzene rings is 2. The number of nitrogens with two attached hydrogens (primary N) is 1. The van der Waals surface area contributed by atoms with Gasteiger partial charge in [-0.1, -0.05) is 42.5 Å². The largest absolute Gasteiger partial charge is 0.489 e. The molecule has 2 N–H and O–H groups in total. The molecule has 1 heterocycles. The Morgan fingerprint density at radius 1 is 0.909 bits per heavy atom. The standard InChI is InChI=1S/C19H18N2O/c1-14-18(11-12-19(20)21-14)16-7-9-17(10-8-16)22-13-15-5-3-2-4-6-15/h2-12H,13H2,1H3,(H2,20,21). The van der Waals surface area contributed by atoms with Crippen LogP contribution >= 0.6 is 0 Å². The van der Waals surface area contributed by atoms with Crippen molar-refractivity contribution in [1.29, 1.82) is 0 Å². The van der Waals surface area contributed by atoms with Crippen molar-refractivity contribution < 1.29 is 4.74 Å². The molecule has 0 radical (unpaired) electrons. The summed E-state index contributed by atoms with van der Waals surface area (Å²) >= 11 is 0. The fourth-order valence-electron chi connectivity index (χ4n) is 2.36. The summed E-state index contributed by atoms with van der Waals surface area (Å²) in [6, 6.07) is 22.0. The molecule has 0 aliphatic rings. The number of aromatic nitrogens is 1. The molecule has 0 saturated heterocycles. The highest BCUT2D eigenvalue weighted by Crippen LogP contribution is 2.25. The molecule has 0 aliphatic heterocycles. The first-order chi connectivity index (χ1) is 10.7. The van der Waals surface area contributed by atoms with Crippen molar-refractivity contribution in [3.63, 3.8) is 0 Å². The molecule has 0 aliphatic carbocycles. The van der Waals surface area contributed by atoms with Gasteiger partial charge in [0.1, 0.15) is 18.2 Å². The van der Waals surface area contributed by atoms with E-state index in [2.05, 4.69) is 17.1 Å². The zero-order valence-electron chi connectivity index (χ0n) is 12.5. The van der Waals surface area contributed by atoms with E-state index in [1.807, 2.05) is 61.5 Å². The van der Waals surface area contributed by atoms with Crippen LogP contribution < -0.4 is 10.5 Å². The Balaban J connectivity index is 1.72. The van der Waals surface area contributed by atoms with Crippen molar-refractivity contribution in [3.05, 3.63) is 78.0 Å². The van der Waals surface area contributed by atoms with E-state index in [1.54, 1.807) is 0 Å². The number of aryl methyl sites for hydroxylation is 1. The van der Waals surface area contributed by atoms with Crippen LogP contribution in [0.5, 0.6) is 5.75 Å². The molecule has 0 fully saturated rings. The lowest BCUT2D eigenvalue weighted by molar-refractivity contribution is 0.306. The molecule has 110 valence electrons. The molecule has 3 aromatic rings. The van der Waals surface area contributed by atoms with Crippen LogP contribution in [0.4, 0.5) is 5.82 Å². The van der Waals surface area contributed by atoms with Crippen LogP contribution in [0.1, 0.15) is 11.3 Å². The Bertz CT molecular complexity index is 752. The predicted octanol–water partition coefficient (Wildman–Crippen LogP) is 4.22. The van der Waals surface area contributed by atoms with E-state index in [-0.39, 0.29) is 0 Å². The van der Waals surface area contributed by atoms with Gasteiger partial charge in [0, 0.05) is 11.3 Å². The van der Waals surface area contributed by atoms with Crippen molar-refractivity contribution in [2.45, 2.75) is 13.5 Å². The summed E-state index contributed by atoms with van der Waals surface area (Å²) in [5, 5.41) is 0. The van der Waals surface area contributed by atoms with Gasteiger partial charge < -0.3 is 10.5 Å². The summed E-state index contributed by atoms with van der Waals surface area (Å²) in [7, 11) is 0. The van der Waals surface area contributed by atoms with Crippen molar-refractivity contribution in [2.75, 3.05) is 5.73 Å². The van der Waals surface area contributed by atoms with Crippen LogP contribution in [0, 0.1) is 6.92 Å². The van der Waals surface area contributed by atoms with Gasteiger partial charge in [0.25, 0.3) is 0 Å². The van der Waals surface area contributed by atoms with Crippen LogP contribution in [-0.4, -0.2) is 4.98 Å². The second kappa shape index (κ2) is 6.31. The molecule has 2 aromatic carbocycles. The lowest BCUT2D eigenvalue weighted by Gasteiger charge is -2.09. The quantitative estimate of drug-likeness (QED) is 0.782. The monoisotopic (exact) mass is 290 g/mol. The Kier molecular flexibility index (Phi) is 4.05. The Morgan fingerprint density at radius 3 is 2.32 bits per heavy atom. The average molecular weight is 290 g/mol. The minimum absolute atomic E-state index is 0.545. The minimum atomic E-state index is 0.545. The Hall–Kier alpha value is -2.81. The van der Waals surface area contributed by atoms with E-state index in [1.165, 1.54) is 0 Å². The molecule has 1 aromatic heterocycles. The van der Waals surface area contributed by atoms with Gasteiger partial charge in [0.05, 0.1) is 0 Å². The van der Waals surface area contributed by atoms with Gasteiger partial charge in [0.2, 0.25) is 0 Å². The van der Waals surface area contributed by atoms with Gasteiger partial charge in [0.15, 0.2) is 0 Å². The zero-order chi connectivity index (χ0) is 15.4. The number of nitrogens with zero attached hydrogens (tertiary/aromatic N) is 1. The highest BCUT2D eigenvalue weighted by atomic mass is 16.5. The third kappa shape index (κ3) is 3.26. The number of pyridine rings is 1. The lowest BCUT2D eigenvalue weighted by atomic mass is 10.0. The average Bonchev–Trinajstić information content (AvgIpc) is 2.55. The van der Waals surface area contributed by atoms with E-state index in [0.29, 0.717) is 12.4 Å². The molecule has 0 spiro atoms. The maximum absolute atomic E-state index is 5.80. The van der Waals surface area contributed by atoms with Crippen LogP contribution in [0.25, 0.3) is 11.1 Å². The predicted molar refractivity (Wildman–Crippen MR) is 89.6 cm³/mol. The molecule has 3 rings (SSSR count). The molecule has 3 heteroatoms. The molecular weight excluding hydrogens is 272 g/mol. The summed E-state index contributed by atoms with van der Waals surface area (Å²) in [4.78, 5) is 4.29. The van der Waals surface area contributed by atoms with Crippen molar-refractivity contribution >= 4 is 5.82 Å². The lowest BCUT2D eigenvalue weighted by Crippen LogP contribution is -1.96. The SMILES string of the molecule is Cc1nc(N)ccc1-c1ccc(OCc2ccccc2)cc1. The Labute approximate surface area is 130 Å². The zero-order valence-corrected chi connectivity index (χ0v) is 12.5. The van der Waals surface area contributed by atoms with Gasteiger partial charge in [-0.05, 0) is 42.3 Å². The highest BCUT2D eigenvalue weighted by molar-refractivity contribution is 5.67. The molecule has 0 amide bonds. The van der Waals surface area contributed by atoms with E-state index < -0.39 is 0 Å². The maximum Gasteiger partial charge on any atom is 0.123 e. The van der Waals surface area contributed by atoms with E-state index in [4.69, 9.17) is 10.5 Å². The number of hydrogen-bond acceptors (Lipinski definition) is 3. The molecule has 0 atom stereocenters. The third-order valence-electron chi connectivity index (χ3n) is 3.52. The van der Waals surface area contributed by atoms with Crippen molar-refractivity contribution in [1.82, 2.24) is 4.98 Å². The summed E-state index contributed by atoms with van der Waals surface area (Å²) in [6.07, 6.45) is 0. The van der Waals surface area contributed by atoms with Gasteiger partial charge >= 0.3 is 0 Å². The Morgan fingerprint density at radius 2 is 1.64 bits per heavy atom.